The van der Waals surface area contributed by atoms with Gasteiger partial charge in [-0.1, -0.05) is 29.3 Å². The van der Waals surface area contributed by atoms with Crippen LogP contribution in [-0.4, -0.2) is 24.5 Å². The first-order valence-electron chi connectivity index (χ1n) is 5.62. The van der Waals surface area contributed by atoms with E-state index in [1.165, 1.54) is 0 Å². The first-order valence-corrected chi connectivity index (χ1v) is 6.37. The van der Waals surface area contributed by atoms with E-state index in [0.29, 0.717) is 10.0 Å². The molecule has 6 nitrogen and oxygen atoms in total. The Kier molecular flexibility index (Phi) is 4.47. The van der Waals surface area contributed by atoms with Crippen LogP contribution in [-0.2, 0) is 0 Å². The van der Waals surface area contributed by atoms with E-state index in [4.69, 9.17) is 23.2 Å². The van der Waals surface area contributed by atoms with Gasteiger partial charge in [-0.25, -0.2) is 10.2 Å². The molecule has 0 aromatic heterocycles. The second-order valence-corrected chi connectivity index (χ2v) is 4.88. The minimum Gasteiger partial charge on any atom is -0.314 e. The highest BCUT2D eigenvalue weighted by molar-refractivity contribution is 6.42. The Labute approximate surface area is 120 Å². The Morgan fingerprint density at radius 1 is 1.37 bits per heavy atom. The molecule has 0 bridgehead atoms. The fourth-order valence-electron chi connectivity index (χ4n) is 1.49. The highest BCUT2D eigenvalue weighted by Gasteiger charge is 2.23. The van der Waals surface area contributed by atoms with Crippen LogP contribution in [0.15, 0.2) is 23.3 Å². The maximum Gasteiger partial charge on any atom is 0.330 e. The van der Waals surface area contributed by atoms with E-state index in [1.54, 1.807) is 24.4 Å². The largest absolute Gasteiger partial charge is 0.330 e. The number of urea groups is 1. The Bertz CT molecular complexity index is 508. The molecule has 1 fully saturated rings. The number of carbonyl (C=O) groups is 1. The summed E-state index contributed by atoms with van der Waals surface area (Å²) in [5.74, 6) is 0. The van der Waals surface area contributed by atoms with E-state index in [-0.39, 0.29) is 18.2 Å². The zero-order chi connectivity index (χ0) is 13.8. The summed E-state index contributed by atoms with van der Waals surface area (Å²) < 4.78 is 0. The summed E-state index contributed by atoms with van der Waals surface area (Å²) in [6.45, 7) is 1.90. The van der Waals surface area contributed by atoms with Crippen LogP contribution >= 0.6 is 23.2 Å². The van der Waals surface area contributed by atoms with Crippen LogP contribution in [0.1, 0.15) is 12.5 Å². The molecule has 1 aliphatic rings. The van der Waals surface area contributed by atoms with Crippen molar-refractivity contribution < 1.29 is 4.79 Å². The van der Waals surface area contributed by atoms with Crippen molar-refractivity contribution in [3.05, 3.63) is 33.8 Å². The third kappa shape index (κ3) is 3.73. The predicted octanol–water partition coefficient (Wildman–Crippen LogP) is 1.45. The first kappa shape index (κ1) is 13.9. The van der Waals surface area contributed by atoms with E-state index >= 15 is 0 Å². The molecule has 0 spiro atoms. The van der Waals surface area contributed by atoms with Crippen LogP contribution in [0.3, 0.4) is 0 Å². The van der Waals surface area contributed by atoms with Gasteiger partial charge >= 0.3 is 6.03 Å². The quantitative estimate of drug-likeness (QED) is 0.504. The van der Waals surface area contributed by atoms with E-state index in [9.17, 15) is 4.79 Å². The number of hydrogen-bond acceptors (Lipinski definition) is 4. The second-order valence-electron chi connectivity index (χ2n) is 4.07. The molecule has 1 aliphatic heterocycles. The van der Waals surface area contributed by atoms with Gasteiger partial charge in [-0.05, 0) is 24.6 Å². The molecular formula is C11H13Cl2N5O. The number of rotatable bonds is 3. The minimum absolute atomic E-state index is 0.0105. The molecule has 0 aliphatic carbocycles. The average molecular weight is 302 g/mol. The average Bonchev–Trinajstić information content (AvgIpc) is 2.38. The van der Waals surface area contributed by atoms with Gasteiger partial charge in [-0.2, -0.15) is 5.10 Å². The standard InChI is InChI=1S/C11H13Cl2N5O/c1-6-10(15-11(19)18-16-6)17-14-5-7-2-3-8(12)9(13)4-7/h2-6,10,16-17H,1H3,(H2,15,18,19)/b14-5+. The molecule has 19 heavy (non-hydrogen) atoms. The van der Waals surface area contributed by atoms with E-state index in [0.717, 1.165) is 5.56 Å². The normalized spacial score (nSPS) is 23.0. The van der Waals surface area contributed by atoms with Gasteiger partial charge in [0.2, 0.25) is 0 Å². The summed E-state index contributed by atoms with van der Waals surface area (Å²) in [4.78, 5) is 11.1. The van der Waals surface area contributed by atoms with Crippen molar-refractivity contribution in [2.75, 3.05) is 0 Å². The number of hydrazine groups is 1. The number of nitrogens with one attached hydrogen (secondary N) is 4. The molecule has 2 unspecified atom stereocenters. The van der Waals surface area contributed by atoms with Gasteiger partial charge in [0.05, 0.1) is 22.3 Å². The Hall–Kier alpha value is -1.50. The lowest BCUT2D eigenvalue weighted by molar-refractivity contribution is 0.202. The predicted molar refractivity (Wildman–Crippen MR) is 75.2 cm³/mol. The Morgan fingerprint density at radius 2 is 2.16 bits per heavy atom. The van der Waals surface area contributed by atoms with Gasteiger partial charge in [0.1, 0.15) is 6.17 Å². The second kappa shape index (κ2) is 6.10. The summed E-state index contributed by atoms with van der Waals surface area (Å²) in [5, 5.41) is 7.71. The molecule has 4 N–H and O–H groups in total. The smallest absolute Gasteiger partial charge is 0.314 e. The zero-order valence-corrected chi connectivity index (χ0v) is 11.6. The van der Waals surface area contributed by atoms with Crippen molar-refractivity contribution in [1.29, 1.82) is 0 Å². The highest BCUT2D eigenvalue weighted by atomic mass is 35.5. The van der Waals surface area contributed by atoms with Gasteiger partial charge in [0.25, 0.3) is 0 Å². The molecule has 8 heteroatoms. The van der Waals surface area contributed by atoms with Gasteiger partial charge < -0.3 is 5.32 Å². The lowest BCUT2D eigenvalue weighted by Crippen LogP contribution is -2.67. The number of carbonyl (C=O) groups excluding carboxylic acids is 1. The minimum atomic E-state index is -0.305. The van der Waals surface area contributed by atoms with E-state index in [2.05, 4.69) is 26.7 Å². The molecule has 2 rings (SSSR count). The lowest BCUT2D eigenvalue weighted by atomic mass is 10.2. The first-order chi connectivity index (χ1) is 9.06. The topological polar surface area (TPSA) is 77.5 Å². The van der Waals surface area contributed by atoms with E-state index in [1.807, 2.05) is 6.92 Å². The fraction of sp³-hybridized carbons (Fsp3) is 0.273. The lowest BCUT2D eigenvalue weighted by Gasteiger charge is -2.30. The molecule has 1 saturated heterocycles. The molecule has 2 amide bonds. The Balaban J connectivity index is 1.95. The monoisotopic (exact) mass is 301 g/mol. The van der Waals surface area contributed by atoms with Crippen LogP contribution in [0.5, 0.6) is 0 Å². The summed E-state index contributed by atoms with van der Waals surface area (Å²) in [6, 6.07) is 4.88. The van der Waals surface area contributed by atoms with Crippen molar-refractivity contribution in [3.63, 3.8) is 0 Å². The number of amides is 2. The SMILES string of the molecule is CC1NNC(=O)NC1N/N=C/c1ccc(Cl)c(Cl)c1. The van der Waals surface area contributed by atoms with E-state index < -0.39 is 0 Å². The van der Waals surface area contributed by atoms with Crippen LogP contribution in [0, 0.1) is 0 Å². The van der Waals surface area contributed by atoms with Crippen molar-refractivity contribution in [2.45, 2.75) is 19.1 Å². The number of hydrazone groups is 1. The van der Waals surface area contributed by atoms with Crippen molar-refractivity contribution in [1.82, 2.24) is 21.6 Å². The molecule has 102 valence electrons. The third-order valence-electron chi connectivity index (χ3n) is 2.57. The number of hydrogen-bond donors (Lipinski definition) is 4. The maximum absolute atomic E-state index is 11.1. The third-order valence-corrected chi connectivity index (χ3v) is 3.31. The number of nitrogens with zero attached hydrogens (tertiary/aromatic N) is 1. The highest BCUT2D eigenvalue weighted by Crippen LogP contribution is 2.21. The van der Waals surface area contributed by atoms with Crippen LogP contribution < -0.4 is 21.6 Å². The summed E-state index contributed by atoms with van der Waals surface area (Å²) in [6.07, 6.45) is 1.30. The molecule has 0 radical (unpaired) electrons. The fourth-order valence-corrected chi connectivity index (χ4v) is 1.80. The van der Waals surface area contributed by atoms with Crippen LogP contribution in [0.4, 0.5) is 4.79 Å². The van der Waals surface area contributed by atoms with Gasteiger partial charge in [0.15, 0.2) is 0 Å². The number of benzene rings is 1. The molecular weight excluding hydrogens is 289 g/mol. The molecule has 2 atom stereocenters. The molecule has 0 saturated carbocycles. The van der Waals surface area contributed by atoms with Crippen LogP contribution in [0.25, 0.3) is 0 Å². The number of halogens is 2. The summed E-state index contributed by atoms with van der Waals surface area (Å²) >= 11 is 11.7. The van der Waals surface area contributed by atoms with Gasteiger partial charge in [-0.3, -0.25) is 10.9 Å². The van der Waals surface area contributed by atoms with Crippen molar-refractivity contribution in [3.8, 4) is 0 Å². The van der Waals surface area contributed by atoms with Crippen LogP contribution in [0.2, 0.25) is 10.0 Å². The van der Waals surface area contributed by atoms with Crippen molar-refractivity contribution in [2.24, 2.45) is 5.10 Å². The van der Waals surface area contributed by atoms with Crippen molar-refractivity contribution >= 4 is 35.4 Å². The summed E-state index contributed by atoms with van der Waals surface area (Å²) in [7, 11) is 0. The molecule has 1 heterocycles. The van der Waals surface area contributed by atoms with Gasteiger partial charge in [-0.15, -0.1) is 0 Å². The zero-order valence-electron chi connectivity index (χ0n) is 10.1. The maximum atomic E-state index is 11.1. The summed E-state index contributed by atoms with van der Waals surface area (Å²) in [5.41, 5.74) is 8.92. The Morgan fingerprint density at radius 3 is 2.89 bits per heavy atom. The molecule has 1 aromatic carbocycles. The van der Waals surface area contributed by atoms with Gasteiger partial charge in [0, 0.05) is 0 Å². The molecule has 1 aromatic rings.